The molecule has 1 aliphatic carbocycles. The van der Waals surface area contributed by atoms with E-state index in [2.05, 4.69) is 36.5 Å². The molecule has 2 aromatic heterocycles. The summed E-state index contributed by atoms with van der Waals surface area (Å²) in [6.45, 7) is 6.73. The van der Waals surface area contributed by atoms with E-state index in [0.717, 1.165) is 48.7 Å². The Balaban J connectivity index is 1.31. The molecular weight excluding hydrogens is 696 g/mol. The first kappa shape index (κ1) is 35.6. The number of rotatable bonds is 6. The van der Waals surface area contributed by atoms with Gasteiger partial charge in [-0.3, -0.25) is 4.79 Å². The predicted molar refractivity (Wildman–Crippen MR) is 190 cm³/mol. The fourth-order valence-corrected chi connectivity index (χ4v) is 7.96. The van der Waals surface area contributed by atoms with Crippen LogP contribution >= 0.6 is 0 Å². The van der Waals surface area contributed by atoms with Crippen LogP contribution in [0.1, 0.15) is 46.3 Å². The Bertz CT molecular complexity index is 2060. The Labute approximate surface area is 300 Å². The van der Waals surface area contributed by atoms with Crippen LogP contribution in [0.3, 0.4) is 0 Å². The highest BCUT2D eigenvalue weighted by Gasteiger charge is 2.64. The molecule has 1 N–H and O–H groups in total. The number of anilines is 2. The highest BCUT2D eigenvalue weighted by molar-refractivity contribution is 7.92. The number of benzene rings is 2. The van der Waals surface area contributed by atoms with Crippen LogP contribution in [0.4, 0.5) is 24.9 Å². The molecule has 2 aliphatic heterocycles. The summed E-state index contributed by atoms with van der Waals surface area (Å²) < 4.78 is 79.6. The summed E-state index contributed by atoms with van der Waals surface area (Å²) in [5.74, 6) is -0.199. The van der Waals surface area contributed by atoms with Crippen molar-refractivity contribution in [2.24, 2.45) is 5.41 Å². The van der Waals surface area contributed by atoms with Gasteiger partial charge in [0.15, 0.2) is 0 Å². The van der Waals surface area contributed by atoms with E-state index < -0.39 is 40.0 Å². The van der Waals surface area contributed by atoms with Crippen molar-refractivity contribution < 1.29 is 31.1 Å². The number of piperazine rings is 1. The van der Waals surface area contributed by atoms with Crippen LogP contribution in [-0.4, -0.2) is 91.1 Å². The summed E-state index contributed by atoms with van der Waals surface area (Å²) in [6.07, 6.45) is -3.41. The minimum atomic E-state index is -4.50. The van der Waals surface area contributed by atoms with Gasteiger partial charge >= 0.3 is 6.18 Å². The van der Waals surface area contributed by atoms with Gasteiger partial charge in [-0.2, -0.15) is 18.2 Å². The van der Waals surface area contributed by atoms with Gasteiger partial charge in [-0.05, 0) is 81.1 Å². The molecule has 7 rings (SSSR count). The molecule has 15 heteroatoms. The lowest BCUT2D eigenvalue weighted by molar-refractivity contribution is -0.192. The van der Waals surface area contributed by atoms with Crippen LogP contribution in [-0.2, 0) is 16.6 Å². The Morgan fingerprint density at radius 3 is 2.33 bits per heavy atom. The number of nitrogens with zero attached hydrogens (tertiary/aromatic N) is 6. The number of hydrogen-bond donors (Lipinski definition) is 1. The van der Waals surface area contributed by atoms with Crippen LogP contribution < -0.4 is 14.4 Å². The lowest BCUT2D eigenvalue weighted by atomic mass is 9.94. The first-order valence-electron chi connectivity index (χ1n) is 17.2. The van der Waals surface area contributed by atoms with Crippen molar-refractivity contribution in [1.82, 2.24) is 24.8 Å². The third kappa shape index (κ3) is 7.29. The molecule has 4 heterocycles. The topological polar surface area (TPSA) is 121 Å². The number of aromatic nitrogens is 3. The molecule has 4 bridgehead atoms. The molecule has 274 valence electrons. The van der Waals surface area contributed by atoms with E-state index in [4.69, 9.17) is 4.74 Å². The van der Waals surface area contributed by atoms with Gasteiger partial charge < -0.3 is 19.4 Å². The maximum atomic E-state index is 14.5. The summed E-state index contributed by atoms with van der Waals surface area (Å²) in [5.41, 5.74) is 1.45. The summed E-state index contributed by atoms with van der Waals surface area (Å²) in [6, 6.07) is 15.2. The number of hydrogen-bond acceptors (Lipinski definition) is 9. The molecule has 2 fully saturated rings. The lowest BCUT2D eigenvalue weighted by Crippen LogP contribution is -2.46. The van der Waals surface area contributed by atoms with Crippen molar-refractivity contribution in [1.29, 1.82) is 0 Å². The Kier molecular flexibility index (Phi) is 9.36. The quantitative estimate of drug-likeness (QED) is 0.260. The van der Waals surface area contributed by atoms with E-state index in [9.17, 15) is 26.4 Å². The van der Waals surface area contributed by atoms with Gasteiger partial charge in [0, 0.05) is 56.1 Å². The number of alkyl halides is 3. The van der Waals surface area contributed by atoms with Gasteiger partial charge in [0.25, 0.3) is 15.9 Å². The number of fused-ring (bicyclic) bond motifs is 4. The number of nitrogens with one attached hydrogen (secondary N) is 1. The third-order valence-corrected chi connectivity index (χ3v) is 11.6. The lowest BCUT2D eigenvalue weighted by Gasteiger charge is -2.35. The van der Waals surface area contributed by atoms with E-state index >= 15 is 0 Å². The highest BCUT2D eigenvalue weighted by Crippen LogP contribution is 2.61. The molecule has 1 saturated heterocycles. The van der Waals surface area contributed by atoms with Crippen LogP contribution in [0.2, 0.25) is 0 Å². The standard InChI is InChI=1S/C37H40F3N7O4S/c1-24-6-4-7-25(2)33(24)30-19-32-43-35(42-30)44-52(49,50)29-9-5-8-27(18-29)34(48)47(28(23-51-32)20-36(12-13-36)37(38,39)40)22-26-10-11-31(41-21-26)46-16-14-45(3)15-17-46/h4-11,18-19,21,28H,12-17,20,22-23H2,1-3H3,(H,42,43,44)/t28-/m1/s1. The SMILES string of the molecule is Cc1cccc(C)c1-c1cc2nc(n1)NS(=O)(=O)c1cccc(c1)C(=O)N(Cc1ccc(N3CCN(C)CC3)nc1)[C@H](CC1(C(F)(F)F)CC1)CO2. The van der Waals surface area contributed by atoms with Crippen LogP contribution in [0.5, 0.6) is 5.88 Å². The van der Waals surface area contributed by atoms with Crippen molar-refractivity contribution in [2.75, 3.05) is 49.5 Å². The second-order valence-electron chi connectivity index (χ2n) is 14.0. The Morgan fingerprint density at radius 1 is 0.962 bits per heavy atom. The molecule has 0 unspecified atom stereocenters. The minimum absolute atomic E-state index is 0.00477. The fraction of sp³-hybridized carbons (Fsp3) is 0.405. The van der Waals surface area contributed by atoms with Gasteiger partial charge in [0.1, 0.15) is 12.4 Å². The first-order chi connectivity index (χ1) is 24.7. The number of ether oxygens (including phenoxy) is 1. The van der Waals surface area contributed by atoms with Gasteiger partial charge in [0.05, 0.1) is 22.0 Å². The summed E-state index contributed by atoms with van der Waals surface area (Å²) in [7, 11) is -2.26. The smallest absolute Gasteiger partial charge is 0.394 e. The fourth-order valence-electron chi connectivity index (χ4n) is 6.97. The first-order valence-corrected chi connectivity index (χ1v) is 18.7. The van der Waals surface area contributed by atoms with Crippen LogP contribution in [0, 0.1) is 19.3 Å². The summed E-state index contributed by atoms with van der Waals surface area (Å²) in [4.78, 5) is 33.5. The second-order valence-corrected chi connectivity index (χ2v) is 15.7. The molecule has 11 nitrogen and oxygen atoms in total. The second kappa shape index (κ2) is 13.7. The number of carbonyl (C=O) groups is 1. The molecule has 0 radical (unpaired) electrons. The number of sulfonamides is 1. The van der Waals surface area contributed by atoms with E-state index in [1.807, 2.05) is 44.2 Å². The highest BCUT2D eigenvalue weighted by atomic mass is 32.2. The van der Waals surface area contributed by atoms with Crippen molar-refractivity contribution in [2.45, 2.75) is 56.8 Å². The van der Waals surface area contributed by atoms with Crippen molar-refractivity contribution in [3.8, 4) is 17.1 Å². The zero-order chi connectivity index (χ0) is 36.8. The van der Waals surface area contributed by atoms with Crippen LogP contribution in [0.15, 0.2) is 71.8 Å². The molecule has 52 heavy (non-hydrogen) atoms. The van der Waals surface area contributed by atoms with Crippen molar-refractivity contribution in [3.63, 3.8) is 0 Å². The third-order valence-electron chi connectivity index (χ3n) is 10.3. The monoisotopic (exact) mass is 735 g/mol. The zero-order valence-corrected chi connectivity index (χ0v) is 30.0. The average molecular weight is 736 g/mol. The number of pyridine rings is 1. The minimum Gasteiger partial charge on any atom is -0.475 e. The molecule has 0 spiro atoms. The molecule has 2 aromatic carbocycles. The van der Waals surface area contributed by atoms with Gasteiger partial charge in [-0.1, -0.05) is 30.3 Å². The molecule has 1 atom stereocenters. The Hall–Kier alpha value is -4.76. The predicted octanol–water partition coefficient (Wildman–Crippen LogP) is 5.84. The summed E-state index contributed by atoms with van der Waals surface area (Å²) in [5, 5.41) is 0. The van der Waals surface area contributed by atoms with Crippen molar-refractivity contribution in [3.05, 3.63) is 89.1 Å². The largest absolute Gasteiger partial charge is 0.475 e. The maximum absolute atomic E-state index is 14.5. The van der Waals surface area contributed by atoms with E-state index in [-0.39, 0.29) is 48.3 Å². The summed E-state index contributed by atoms with van der Waals surface area (Å²) >= 11 is 0. The molecule has 4 aromatic rings. The molecule has 3 aliphatic rings. The van der Waals surface area contributed by atoms with Crippen LogP contribution in [0.25, 0.3) is 11.3 Å². The number of halogens is 3. The van der Waals surface area contributed by atoms with E-state index in [1.165, 1.54) is 35.2 Å². The average Bonchev–Trinajstić information content (AvgIpc) is 3.90. The number of carbonyl (C=O) groups excluding carboxylic acids is 1. The number of likely N-dealkylation sites (N-methyl/N-ethyl adjacent to an activating group) is 1. The van der Waals surface area contributed by atoms with E-state index in [0.29, 0.717) is 11.3 Å². The molecular formula is C37H40F3N7O4S. The molecule has 1 saturated carbocycles. The van der Waals surface area contributed by atoms with Gasteiger partial charge in [0.2, 0.25) is 11.8 Å². The maximum Gasteiger partial charge on any atom is 0.394 e. The Morgan fingerprint density at radius 2 is 1.67 bits per heavy atom. The molecule has 1 amide bonds. The number of amides is 1. The van der Waals surface area contributed by atoms with E-state index in [1.54, 1.807) is 6.20 Å². The normalized spacial score (nSPS) is 20.2. The number of aryl methyl sites for hydroxylation is 2. The zero-order valence-electron chi connectivity index (χ0n) is 29.2. The van der Waals surface area contributed by atoms with Gasteiger partial charge in [-0.25, -0.2) is 23.1 Å². The van der Waals surface area contributed by atoms with Gasteiger partial charge in [-0.15, -0.1) is 0 Å². The van der Waals surface area contributed by atoms with Crippen molar-refractivity contribution >= 4 is 27.7 Å².